The lowest BCUT2D eigenvalue weighted by atomic mass is 10.0. The van der Waals surface area contributed by atoms with E-state index in [1.165, 1.54) is 11.0 Å². The van der Waals surface area contributed by atoms with Crippen molar-refractivity contribution >= 4 is 12.0 Å². The number of carbonyl (C=O) groups is 2. The molecule has 0 spiro atoms. The van der Waals surface area contributed by atoms with Gasteiger partial charge in [0.15, 0.2) is 0 Å². The van der Waals surface area contributed by atoms with E-state index in [0.29, 0.717) is 39.2 Å². The molecule has 0 unspecified atom stereocenters. The van der Waals surface area contributed by atoms with Crippen molar-refractivity contribution in [3.05, 3.63) is 42.2 Å². The smallest absolute Gasteiger partial charge is 0.409 e. The van der Waals surface area contributed by atoms with Crippen molar-refractivity contribution in [2.75, 3.05) is 32.8 Å². The van der Waals surface area contributed by atoms with Gasteiger partial charge in [0, 0.05) is 32.6 Å². The minimum absolute atomic E-state index is 0.0512. The third-order valence-electron chi connectivity index (χ3n) is 4.36. The Morgan fingerprint density at radius 3 is 2.42 bits per heavy atom. The van der Waals surface area contributed by atoms with Crippen molar-refractivity contribution in [3.63, 3.8) is 0 Å². The van der Waals surface area contributed by atoms with Crippen LogP contribution in [0.3, 0.4) is 0 Å². The van der Waals surface area contributed by atoms with Gasteiger partial charge >= 0.3 is 6.09 Å². The zero-order chi connectivity index (χ0) is 18.4. The van der Waals surface area contributed by atoms with Gasteiger partial charge in [0.25, 0.3) is 0 Å². The molecule has 1 aromatic carbocycles. The number of piperazine rings is 1. The van der Waals surface area contributed by atoms with E-state index in [2.05, 4.69) is 15.5 Å². The molecule has 1 atom stereocenters. The Hall–Kier alpha value is -2.97. The van der Waals surface area contributed by atoms with Crippen LogP contribution >= 0.6 is 0 Å². The summed E-state index contributed by atoms with van der Waals surface area (Å²) >= 11 is 0. The van der Waals surface area contributed by atoms with Crippen LogP contribution in [0.1, 0.15) is 18.5 Å². The van der Waals surface area contributed by atoms with E-state index in [-0.39, 0.29) is 12.0 Å². The molecule has 1 fully saturated rings. The molecule has 1 aromatic heterocycles. The summed E-state index contributed by atoms with van der Waals surface area (Å²) in [6.45, 7) is 3.96. The average Bonchev–Trinajstić information content (AvgIpc) is 3.21. The van der Waals surface area contributed by atoms with Crippen LogP contribution in [0.15, 0.2) is 36.7 Å². The average molecular weight is 358 g/mol. The summed E-state index contributed by atoms with van der Waals surface area (Å²) in [5.41, 5.74) is 1.03. The number of tetrazole rings is 1. The summed E-state index contributed by atoms with van der Waals surface area (Å²) in [6, 6.07) is 9.25. The first-order chi connectivity index (χ1) is 12.7. The number of benzene rings is 1. The van der Waals surface area contributed by atoms with Crippen LogP contribution in [0, 0.1) is 0 Å². The number of carbonyl (C=O) groups excluding carboxylic acids is 2. The van der Waals surface area contributed by atoms with Gasteiger partial charge in [-0.05, 0) is 22.9 Å². The summed E-state index contributed by atoms with van der Waals surface area (Å²) in [5.74, 6) is -0.0512. The maximum Gasteiger partial charge on any atom is 0.409 e. The molecule has 138 valence electrons. The van der Waals surface area contributed by atoms with Gasteiger partial charge in [-0.15, -0.1) is 5.10 Å². The topological polar surface area (TPSA) is 93.5 Å². The van der Waals surface area contributed by atoms with Crippen LogP contribution in [-0.4, -0.2) is 74.8 Å². The molecule has 2 heterocycles. The number of nitrogens with zero attached hydrogens (tertiary/aromatic N) is 6. The second-order valence-electron chi connectivity index (χ2n) is 6.01. The molecule has 9 nitrogen and oxygen atoms in total. The van der Waals surface area contributed by atoms with E-state index in [1.54, 1.807) is 16.7 Å². The molecule has 0 radical (unpaired) electrons. The quantitative estimate of drug-likeness (QED) is 0.783. The highest BCUT2D eigenvalue weighted by atomic mass is 16.6. The minimum Gasteiger partial charge on any atom is -0.450 e. The first-order valence-corrected chi connectivity index (χ1v) is 8.66. The van der Waals surface area contributed by atoms with Crippen molar-refractivity contribution < 1.29 is 14.3 Å². The van der Waals surface area contributed by atoms with E-state index in [9.17, 15) is 9.59 Å². The maximum atomic E-state index is 13.1. The van der Waals surface area contributed by atoms with E-state index >= 15 is 0 Å². The summed E-state index contributed by atoms with van der Waals surface area (Å²) < 4.78 is 6.51. The van der Waals surface area contributed by atoms with Gasteiger partial charge in [0.05, 0.1) is 6.61 Å². The van der Waals surface area contributed by atoms with Crippen LogP contribution in [0.4, 0.5) is 4.79 Å². The molecule has 26 heavy (non-hydrogen) atoms. The lowest BCUT2D eigenvalue weighted by Crippen LogP contribution is -2.52. The predicted octanol–water partition coefficient (Wildman–Crippen LogP) is 0.758. The fraction of sp³-hybridized carbons (Fsp3) is 0.471. The van der Waals surface area contributed by atoms with Crippen LogP contribution < -0.4 is 0 Å². The van der Waals surface area contributed by atoms with E-state index in [4.69, 9.17) is 4.74 Å². The molecule has 3 rings (SSSR count). The number of hydrogen-bond donors (Lipinski definition) is 0. The number of amides is 2. The number of rotatable bonds is 5. The molecule has 2 aromatic rings. The first-order valence-electron chi connectivity index (χ1n) is 8.66. The monoisotopic (exact) mass is 358 g/mol. The third kappa shape index (κ3) is 4.16. The molecule has 0 N–H and O–H groups in total. The highest BCUT2D eigenvalue weighted by Gasteiger charge is 2.31. The SMILES string of the molecule is CCOC(=O)N1CCN(C(=O)[C@H](Cc2ccccc2)n2cnnn2)CC1. The molecule has 2 amide bonds. The van der Waals surface area contributed by atoms with Gasteiger partial charge in [0.1, 0.15) is 12.4 Å². The molecule has 0 aliphatic carbocycles. The van der Waals surface area contributed by atoms with E-state index in [1.807, 2.05) is 30.3 Å². The van der Waals surface area contributed by atoms with E-state index in [0.717, 1.165) is 5.56 Å². The second-order valence-corrected chi connectivity index (χ2v) is 6.01. The Bertz CT molecular complexity index is 713. The predicted molar refractivity (Wildman–Crippen MR) is 92.2 cm³/mol. The molecular formula is C17H22N6O3. The Morgan fingerprint density at radius 1 is 1.12 bits per heavy atom. The Kier molecular flexibility index (Phi) is 5.77. The molecule has 1 aliphatic rings. The summed E-state index contributed by atoms with van der Waals surface area (Å²) in [5, 5.41) is 11.2. The summed E-state index contributed by atoms with van der Waals surface area (Å²) in [6.07, 6.45) is 1.63. The van der Waals surface area contributed by atoms with Crippen molar-refractivity contribution in [2.45, 2.75) is 19.4 Å². The second kappa shape index (κ2) is 8.41. The van der Waals surface area contributed by atoms with Gasteiger partial charge < -0.3 is 14.5 Å². The zero-order valence-corrected chi connectivity index (χ0v) is 14.7. The molecule has 1 aliphatic heterocycles. The van der Waals surface area contributed by atoms with Gasteiger partial charge in [-0.25, -0.2) is 9.48 Å². The third-order valence-corrected chi connectivity index (χ3v) is 4.36. The summed E-state index contributed by atoms with van der Waals surface area (Å²) in [4.78, 5) is 28.3. The van der Waals surface area contributed by atoms with Gasteiger partial charge in [-0.1, -0.05) is 30.3 Å². The number of ether oxygens (including phenoxy) is 1. The van der Waals surface area contributed by atoms with Crippen LogP contribution in [-0.2, 0) is 16.0 Å². The fourth-order valence-corrected chi connectivity index (χ4v) is 2.98. The van der Waals surface area contributed by atoms with Crippen LogP contribution in [0.2, 0.25) is 0 Å². The van der Waals surface area contributed by atoms with Gasteiger partial charge in [-0.3, -0.25) is 4.79 Å². The first kappa shape index (κ1) is 17.8. The normalized spacial score (nSPS) is 15.6. The van der Waals surface area contributed by atoms with E-state index < -0.39 is 6.04 Å². The Morgan fingerprint density at radius 2 is 1.81 bits per heavy atom. The fourth-order valence-electron chi connectivity index (χ4n) is 2.98. The van der Waals surface area contributed by atoms with Crippen molar-refractivity contribution in [1.82, 2.24) is 30.0 Å². The van der Waals surface area contributed by atoms with Crippen LogP contribution in [0.5, 0.6) is 0 Å². The lowest BCUT2D eigenvalue weighted by molar-refractivity contribution is -0.136. The molecule has 9 heteroatoms. The molecule has 0 bridgehead atoms. The van der Waals surface area contributed by atoms with Gasteiger partial charge in [0.2, 0.25) is 5.91 Å². The highest BCUT2D eigenvalue weighted by molar-refractivity contribution is 5.81. The van der Waals surface area contributed by atoms with Gasteiger partial charge in [-0.2, -0.15) is 0 Å². The number of aromatic nitrogens is 4. The Labute approximate surface area is 151 Å². The molecular weight excluding hydrogens is 336 g/mol. The molecule has 1 saturated heterocycles. The Balaban J connectivity index is 1.68. The lowest BCUT2D eigenvalue weighted by Gasteiger charge is -2.35. The van der Waals surface area contributed by atoms with Crippen molar-refractivity contribution in [1.29, 1.82) is 0 Å². The highest BCUT2D eigenvalue weighted by Crippen LogP contribution is 2.17. The molecule has 0 saturated carbocycles. The maximum absolute atomic E-state index is 13.1. The largest absolute Gasteiger partial charge is 0.450 e. The van der Waals surface area contributed by atoms with Crippen LogP contribution in [0.25, 0.3) is 0 Å². The number of hydrogen-bond acceptors (Lipinski definition) is 6. The van der Waals surface area contributed by atoms with Crippen molar-refractivity contribution in [3.8, 4) is 0 Å². The van der Waals surface area contributed by atoms with Crippen molar-refractivity contribution in [2.24, 2.45) is 0 Å². The summed E-state index contributed by atoms with van der Waals surface area (Å²) in [7, 11) is 0. The zero-order valence-electron chi connectivity index (χ0n) is 14.7. The minimum atomic E-state index is -0.512. The standard InChI is InChI=1S/C17H22N6O3/c1-2-26-17(25)22-10-8-21(9-11-22)16(24)15(23-13-18-19-20-23)12-14-6-4-3-5-7-14/h3-7,13,15H,2,8-12H2,1H3/t15-/m0/s1.